The van der Waals surface area contributed by atoms with Crippen LogP contribution in [0.15, 0.2) is 42.5 Å². The Morgan fingerprint density at radius 2 is 1.79 bits per heavy atom. The van der Waals surface area contributed by atoms with Gasteiger partial charge in [-0.2, -0.15) is 0 Å². The van der Waals surface area contributed by atoms with E-state index in [1.165, 1.54) is 31.2 Å². The molecule has 1 N–H and O–H groups in total. The second kappa shape index (κ2) is 5.80. The summed E-state index contributed by atoms with van der Waals surface area (Å²) in [7, 11) is 0. The highest BCUT2D eigenvalue weighted by molar-refractivity contribution is 5.30. The van der Waals surface area contributed by atoms with Crippen molar-refractivity contribution in [1.82, 2.24) is 0 Å². The Balaban J connectivity index is 2.04. The maximum absolute atomic E-state index is 13.6. The van der Waals surface area contributed by atoms with Crippen LogP contribution in [0.4, 0.5) is 8.78 Å². The van der Waals surface area contributed by atoms with Gasteiger partial charge in [-0.15, -0.1) is 0 Å². The van der Waals surface area contributed by atoms with Crippen molar-refractivity contribution in [1.29, 1.82) is 0 Å². The molecule has 2 rings (SSSR count). The number of hydrogen-bond donors (Lipinski definition) is 1. The first kappa shape index (κ1) is 13.5. The van der Waals surface area contributed by atoms with E-state index < -0.39 is 11.9 Å². The molecular formula is C15H14F2O2. The summed E-state index contributed by atoms with van der Waals surface area (Å²) in [6.07, 6.45) is -0.855. The number of hydrogen-bond acceptors (Lipinski definition) is 2. The van der Waals surface area contributed by atoms with Crippen LogP contribution < -0.4 is 4.74 Å². The number of benzene rings is 2. The molecule has 0 aliphatic carbocycles. The number of ether oxygens (including phenoxy) is 1. The lowest BCUT2D eigenvalue weighted by molar-refractivity contribution is 0.194. The third-order valence-corrected chi connectivity index (χ3v) is 2.74. The summed E-state index contributed by atoms with van der Waals surface area (Å²) in [5.74, 6) is -0.450. The highest BCUT2D eigenvalue weighted by Crippen LogP contribution is 2.22. The van der Waals surface area contributed by atoms with E-state index in [0.717, 1.165) is 5.56 Å². The van der Waals surface area contributed by atoms with Crippen LogP contribution in [-0.4, -0.2) is 5.11 Å². The molecule has 0 fully saturated rings. The van der Waals surface area contributed by atoms with Crippen molar-refractivity contribution < 1.29 is 18.6 Å². The molecule has 2 aromatic rings. The van der Waals surface area contributed by atoms with Crippen LogP contribution in [0.3, 0.4) is 0 Å². The SMILES string of the molecule is C[C@H](O)c1ccc(OCc2ccc(F)cc2)cc1F. The minimum Gasteiger partial charge on any atom is -0.489 e. The van der Waals surface area contributed by atoms with Gasteiger partial charge in [0.05, 0.1) is 6.10 Å². The van der Waals surface area contributed by atoms with Gasteiger partial charge in [-0.3, -0.25) is 0 Å². The molecule has 0 bridgehead atoms. The molecule has 0 unspecified atom stereocenters. The van der Waals surface area contributed by atoms with E-state index in [1.807, 2.05) is 0 Å². The van der Waals surface area contributed by atoms with Crippen LogP contribution >= 0.6 is 0 Å². The molecular weight excluding hydrogens is 250 g/mol. The molecule has 0 aromatic heterocycles. The Bertz CT molecular complexity index is 551. The molecule has 4 heteroatoms. The average Bonchev–Trinajstić information content (AvgIpc) is 2.37. The molecule has 0 saturated carbocycles. The lowest BCUT2D eigenvalue weighted by Crippen LogP contribution is -1.99. The first-order chi connectivity index (χ1) is 9.06. The first-order valence-electron chi connectivity index (χ1n) is 5.91. The molecule has 2 nitrogen and oxygen atoms in total. The molecule has 0 radical (unpaired) electrons. The zero-order valence-electron chi connectivity index (χ0n) is 10.4. The third-order valence-electron chi connectivity index (χ3n) is 2.74. The third kappa shape index (κ3) is 3.51. The van der Waals surface area contributed by atoms with E-state index in [0.29, 0.717) is 5.75 Å². The predicted octanol–water partition coefficient (Wildman–Crippen LogP) is 3.60. The molecule has 0 spiro atoms. The fraction of sp³-hybridized carbons (Fsp3) is 0.200. The van der Waals surface area contributed by atoms with Crippen LogP contribution in [0.1, 0.15) is 24.2 Å². The van der Waals surface area contributed by atoms with Gasteiger partial charge in [0.1, 0.15) is 24.0 Å². The van der Waals surface area contributed by atoms with Gasteiger partial charge in [-0.05, 0) is 36.8 Å². The maximum Gasteiger partial charge on any atom is 0.132 e. The van der Waals surface area contributed by atoms with E-state index in [1.54, 1.807) is 18.2 Å². The topological polar surface area (TPSA) is 29.5 Å². The zero-order valence-corrected chi connectivity index (χ0v) is 10.4. The summed E-state index contributed by atoms with van der Waals surface area (Å²) in [5, 5.41) is 9.31. The average molecular weight is 264 g/mol. The molecule has 0 aliphatic rings. The van der Waals surface area contributed by atoms with Crippen molar-refractivity contribution in [2.75, 3.05) is 0 Å². The highest BCUT2D eigenvalue weighted by Gasteiger charge is 2.09. The number of aliphatic hydroxyl groups is 1. The lowest BCUT2D eigenvalue weighted by Gasteiger charge is -2.10. The van der Waals surface area contributed by atoms with Crippen LogP contribution in [0.2, 0.25) is 0 Å². The van der Waals surface area contributed by atoms with Crippen molar-refractivity contribution in [2.45, 2.75) is 19.6 Å². The Hall–Kier alpha value is -1.94. The van der Waals surface area contributed by atoms with Crippen molar-refractivity contribution in [3.63, 3.8) is 0 Å². The van der Waals surface area contributed by atoms with Gasteiger partial charge in [-0.1, -0.05) is 12.1 Å². The Labute approximate surface area is 110 Å². The summed E-state index contributed by atoms with van der Waals surface area (Å²) >= 11 is 0. The van der Waals surface area contributed by atoms with E-state index in [4.69, 9.17) is 4.74 Å². The summed E-state index contributed by atoms with van der Waals surface area (Å²) in [6.45, 7) is 1.73. The fourth-order valence-corrected chi connectivity index (χ4v) is 1.68. The molecule has 2 aromatic carbocycles. The van der Waals surface area contributed by atoms with Gasteiger partial charge >= 0.3 is 0 Å². The van der Waals surface area contributed by atoms with Crippen molar-refractivity contribution >= 4 is 0 Å². The largest absolute Gasteiger partial charge is 0.489 e. The van der Waals surface area contributed by atoms with Gasteiger partial charge in [0, 0.05) is 11.6 Å². The molecule has 0 aliphatic heterocycles. The van der Waals surface area contributed by atoms with Crippen LogP contribution in [0.5, 0.6) is 5.75 Å². The van der Waals surface area contributed by atoms with E-state index >= 15 is 0 Å². The van der Waals surface area contributed by atoms with Crippen LogP contribution in [-0.2, 0) is 6.61 Å². The summed E-state index contributed by atoms with van der Waals surface area (Å²) in [6, 6.07) is 10.2. The van der Waals surface area contributed by atoms with E-state index in [2.05, 4.69) is 0 Å². The van der Waals surface area contributed by atoms with Gasteiger partial charge < -0.3 is 9.84 Å². The van der Waals surface area contributed by atoms with Crippen molar-refractivity contribution in [2.24, 2.45) is 0 Å². The Kier molecular flexibility index (Phi) is 4.12. The minimum atomic E-state index is -0.855. The molecule has 1 atom stereocenters. The second-order valence-electron chi connectivity index (χ2n) is 4.27. The quantitative estimate of drug-likeness (QED) is 0.914. The standard InChI is InChI=1S/C15H14F2O2/c1-10(18)14-7-6-13(8-15(14)17)19-9-11-2-4-12(16)5-3-11/h2-8,10,18H,9H2,1H3/t10-/m0/s1. The Morgan fingerprint density at radius 3 is 2.37 bits per heavy atom. The van der Waals surface area contributed by atoms with Gasteiger partial charge in [0.25, 0.3) is 0 Å². The normalized spacial score (nSPS) is 12.2. The highest BCUT2D eigenvalue weighted by atomic mass is 19.1. The van der Waals surface area contributed by atoms with E-state index in [9.17, 15) is 13.9 Å². The van der Waals surface area contributed by atoms with Gasteiger partial charge in [0.2, 0.25) is 0 Å². The molecule has 0 saturated heterocycles. The predicted molar refractivity (Wildman–Crippen MR) is 67.8 cm³/mol. The zero-order chi connectivity index (χ0) is 13.8. The minimum absolute atomic E-state index is 0.230. The monoisotopic (exact) mass is 264 g/mol. The first-order valence-corrected chi connectivity index (χ1v) is 5.91. The molecule has 0 heterocycles. The van der Waals surface area contributed by atoms with E-state index in [-0.39, 0.29) is 18.0 Å². The smallest absolute Gasteiger partial charge is 0.132 e. The number of aliphatic hydroxyl groups excluding tert-OH is 1. The Morgan fingerprint density at radius 1 is 1.11 bits per heavy atom. The fourth-order valence-electron chi connectivity index (χ4n) is 1.68. The molecule has 19 heavy (non-hydrogen) atoms. The summed E-state index contributed by atoms with van der Waals surface area (Å²) in [4.78, 5) is 0. The number of rotatable bonds is 4. The maximum atomic E-state index is 13.6. The lowest BCUT2D eigenvalue weighted by atomic mass is 10.1. The molecule has 100 valence electrons. The summed E-state index contributed by atoms with van der Waals surface area (Å²) in [5.41, 5.74) is 1.02. The van der Waals surface area contributed by atoms with Crippen molar-refractivity contribution in [3.05, 3.63) is 65.2 Å². The second-order valence-corrected chi connectivity index (χ2v) is 4.27. The molecule has 0 amide bonds. The van der Waals surface area contributed by atoms with Crippen LogP contribution in [0, 0.1) is 11.6 Å². The van der Waals surface area contributed by atoms with Crippen LogP contribution in [0.25, 0.3) is 0 Å². The summed E-state index contributed by atoms with van der Waals surface area (Å²) < 4.78 is 31.7. The van der Waals surface area contributed by atoms with Gasteiger partial charge in [0.15, 0.2) is 0 Å². The number of halogens is 2. The van der Waals surface area contributed by atoms with Crippen molar-refractivity contribution in [3.8, 4) is 5.75 Å². The van der Waals surface area contributed by atoms with Gasteiger partial charge in [-0.25, -0.2) is 8.78 Å².